The molecule has 1 atom stereocenters. The van der Waals surface area contributed by atoms with E-state index >= 15 is 0 Å². The van der Waals surface area contributed by atoms with Gasteiger partial charge in [-0.2, -0.15) is 0 Å². The first-order chi connectivity index (χ1) is 16.3. The number of sulfonamides is 1. The zero-order chi connectivity index (χ0) is 24.6. The molecule has 34 heavy (non-hydrogen) atoms. The molecule has 0 unspecified atom stereocenters. The highest BCUT2D eigenvalue weighted by molar-refractivity contribution is 7.89. The van der Waals surface area contributed by atoms with Crippen molar-refractivity contribution in [2.24, 2.45) is 0 Å². The summed E-state index contributed by atoms with van der Waals surface area (Å²) in [7, 11) is -0.883. The van der Waals surface area contributed by atoms with Gasteiger partial charge in [0.15, 0.2) is 11.5 Å². The molecule has 3 rings (SSSR count). The van der Waals surface area contributed by atoms with E-state index in [-0.39, 0.29) is 17.2 Å². The number of allylic oxidation sites excluding steroid dienone is 1. The summed E-state index contributed by atoms with van der Waals surface area (Å²) in [5.74, 6) is 0.615. The van der Waals surface area contributed by atoms with Gasteiger partial charge in [0.25, 0.3) is 0 Å². The van der Waals surface area contributed by atoms with Crippen molar-refractivity contribution < 1.29 is 22.7 Å². The van der Waals surface area contributed by atoms with Gasteiger partial charge in [-0.1, -0.05) is 41.5 Å². The van der Waals surface area contributed by atoms with Crippen LogP contribution < -0.4 is 19.5 Å². The fourth-order valence-corrected chi connectivity index (χ4v) is 5.34. The molecule has 0 saturated carbocycles. The topological polar surface area (TPSA) is 93.7 Å². The number of para-hydroxylation sites is 1. The Morgan fingerprint density at radius 3 is 2.47 bits per heavy atom. The Morgan fingerprint density at radius 1 is 1.06 bits per heavy atom. The van der Waals surface area contributed by atoms with E-state index in [1.165, 1.54) is 32.6 Å². The number of methoxy groups -OCH3 is 2. The molecule has 7 nitrogen and oxygen atoms in total. The van der Waals surface area contributed by atoms with Crippen molar-refractivity contribution in [2.75, 3.05) is 20.8 Å². The van der Waals surface area contributed by atoms with Crippen LogP contribution in [0.25, 0.3) is 0 Å². The summed E-state index contributed by atoms with van der Waals surface area (Å²) in [6, 6.07) is 11.0. The number of rotatable bonds is 11. The molecule has 2 aromatic rings. The summed E-state index contributed by atoms with van der Waals surface area (Å²) in [6.45, 7) is 2.42. The Kier molecular flexibility index (Phi) is 9.12. The zero-order valence-electron chi connectivity index (χ0n) is 20.1. The average molecular weight is 487 g/mol. The number of carbonyl (C=O) groups excluding carboxylic acids is 1. The number of nitrogens with one attached hydrogen (secondary N) is 2. The molecule has 2 N–H and O–H groups in total. The molecule has 8 heteroatoms. The maximum atomic E-state index is 13.2. The number of hydrogen-bond donors (Lipinski definition) is 2. The molecular weight excluding hydrogens is 452 g/mol. The second-order valence-corrected chi connectivity index (χ2v) is 10.2. The SMILES string of the molecule is COc1cccc([C@H](CC(=O)NCCC2=CCCCC2)NS(=O)(=O)c2ccc(C)cc2)c1OC. The third kappa shape index (κ3) is 6.84. The number of hydrogen-bond acceptors (Lipinski definition) is 5. The fraction of sp³-hybridized carbons (Fsp3) is 0.423. The first-order valence-electron chi connectivity index (χ1n) is 11.6. The number of carbonyl (C=O) groups is 1. The molecule has 2 aromatic carbocycles. The van der Waals surface area contributed by atoms with E-state index in [0.29, 0.717) is 23.6 Å². The minimum atomic E-state index is -3.89. The highest BCUT2D eigenvalue weighted by Gasteiger charge is 2.27. The maximum Gasteiger partial charge on any atom is 0.241 e. The van der Waals surface area contributed by atoms with Crippen LogP contribution in [0.15, 0.2) is 59.0 Å². The van der Waals surface area contributed by atoms with Gasteiger partial charge in [0, 0.05) is 18.5 Å². The van der Waals surface area contributed by atoms with Crippen LogP contribution in [0.4, 0.5) is 0 Å². The second kappa shape index (κ2) is 12.0. The van der Waals surface area contributed by atoms with E-state index in [2.05, 4.69) is 16.1 Å². The first kappa shape index (κ1) is 25.8. The van der Waals surface area contributed by atoms with Crippen LogP contribution in [0.1, 0.15) is 55.7 Å². The molecule has 0 aromatic heterocycles. The lowest BCUT2D eigenvalue weighted by atomic mass is 9.97. The average Bonchev–Trinajstić information content (AvgIpc) is 2.83. The van der Waals surface area contributed by atoms with Crippen molar-refractivity contribution in [1.82, 2.24) is 10.0 Å². The summed E-state index contributed by atoms with van der Waals surface area (Å²) in [6.07, 6.45) is 7.59. The van der Waals surface area contributed by atoms with E-state index in [1.54, 1.807) is 42.5 Å². The standard InChI is InChI=1S/C26H34N2O5S/c1-19-12-14-21(15-13-19)34(30,31)28-23(22-10-7-11-24(32-2)26(22)33-3)18-25(29)27-17-16-20-8-5-4-6-9-20/h7-8,10-15,23,28H,4-6,9,16-18H2,1-3H3,(H,27,29)/t23-/m0/s1. The summed E-state index contributed by atoms with van der Waals surface area (Å²) in [4.78, 5) is 13.0. The molecule has 0 bridgehead atoms. The minimum absolute atomic E-state index is 0.0757. The van der Waals surface area contributed by atoms with E-state index in [4.69, 9.17) is 9.47 Å². The maximum absolute atomic E-state index is 13.2. The molecule has 184 valence electrons. The number of ether oxygens (including phenoxy) is 2. The predicted octanol–water partition coefficient (Wildman–Crippen LogP) is 4.43. The van der Waals surface area contributed by atoms with E-state index in [0.717, 1.165) is 24.8 Å². The smallest absolute Gasteiger partial charge is 0.241 e. The van der Waals surface area contributed by atoms with Crippen LogP contribution in [0.5, 0.6) is 11.5 Å². The van der Waals surface area contributed by atoms with Gasteiger partial charge in [-0.15, -0.1) is 0 Å². The first-order valence-corrected chi connectivity index (χ1v) is 13.1. The van der Waals surface area contributed by atoms with Crippen molar-refractivity contribution >= 4 is 15.9 Å². The molecule has 0 heterocycles. The third-order valence-electron chi connectivity index (χ3n) is 5.98. The van der Waals surface area contributed by atoms with Crippen molar-refractivity contribution in [3.05, 3.63) is 65.2 Å². The Labute approximate surface area is 202 Å². The van der Waals surface area contributed by atoms with Gasteiger partial charge in [0.2, 0.25) is 15.9 Å². The second-order valence-electron chi connectivity index (χ2n) is 8.48. The lowest BCUT2D eigenvalue weighted by Gasteiger charge is -2.22. The third-order valence-corrected chi connectivity index (χ3v) is 7.47. The minimum Gasteiger partial charge on any atom is -0.493 e. The molecule has 1 aliphatic carbocycles. The quantitative estimate of drug-likeness (QED) is 0.459. The van der Waals surface area contributed by atoms with Crippen LogP contribution in [0.3, 0.4) is 0 Å². The largest absolute Gasteiger partial charge is 0.493 e. The highest BCUT2D eigenvalue weighted by atomic mass is 32.2. The van der Waals surface area contributed by atoms with Crippen molar-refractivity contribution in [1.29, 1.82) is 0 Å². The predicted molar refractivity (Wildman–Crippen MR) is 133 cm³/mol. The lowest BCUT2D eigenvalue weighted by molar-refractivity contribution is -0.121. The molecule has 0 saturated heterocycles. The number of benzene rings is 2. The molecule has 0 fully saturated rings. The van der Waals surface area contributed by atoms with Crippen molar-refractivity contribution in [3.8, 4) is 11.5 Å². The van der Waals surface area contributed by atoms with E-state index < -0.39 is 16.1 Å². The summed E-state index contributed by atoms with van der Waals surface area (Å²) >= 11 is 0. The molecule has 0 spiro atoms. The zero-order valence-corrected chi connectivity index (χ0v) is 20.9. The van der Waals surface area contributed by atoms with Crippen LogP contribution in [0.2, 0.25) is 0 Å². The number of amides is 1. The molecule has 0 aliphatic heterocycles. The summed E-state index contributed by atoms with van der Waals surface area (Å²) in [5, 5.41) is 2.94. The van der Waals surface area contributed by atoms with Gasteiger partial charge in [-0.25, -0.2) is 13.1 Å². The normalized spacial score (nSPS) is 14.7. The monoisotopic (exact) mass is 486 g/mol. The van der Waals surface area contributed by atoms with Gasteiger partial charge in [0.1, 0.15) is 0 Å². The van der Waals surface area contributed by atoms with E-state index in [1.807, 2.05) is 6.92 Å². The molecular formula is C26H34N2O5S. The van der Waals surface area contributed by atoms with Gasteiger partial charge in [0.05, 0.1) is 25.2 Å². The van der Waals surface area contributed by atoms with Crippen molar-refractivity contribution in [3.63, 3.8) is 0 Å². The summed E-state index contributed by atoms with van der Waals surface area (Å²) in [5.41, 5.74) is 2.86. The van der Waals surface area contributed by atoms with Crippen molar-refractivity contribution in [2.45, 2.75) is 56.4 Å². The van der Waals surface area contributed by atoms with Crippen LogP contribution >= 0.6 is 0 Å². The van der Waals surface area contributed by atoms with E-state index in [9.17, 15) is 13.2 Å². The van der Waals surface area contributed by atoms with Crippen LogP contribution in [-0.2, 0) is 14.8 Å². The molecule has 0 radical (unpaired) electrons. The Morgan fingerprint density at radius 2 is 1.82 bits per heavy atom. The Bertz CT molecular complexity index is 1110. The number of aryl methyl sites for hydroxylation is 1. The van der Waals surface area contributed by atoms with Crippen LogP contribution in [0, 0.1) is 6.92 Å². The fourth-order valence-electron chi connectivity index (χ4n) is 4.13. The Balaban J connectivity index is 1.81. The van der Waals surface area contributed by atoms with Crippen LogP contribution in [-0.4, -0.2) is 35.1 Å². The Hall–Kier alpha value is -2.84. The molecule has 1 amide bonds. The van der Waals surface area contributed by atoms with Gasteiger partial charge in [-0.3, -0.25) is 4.79 Å². The molecule has 1 aliphatic rings. The van der Waals surface area contributed by atoms with Gasteiger partial charge in [-0.05, 0) is 57.2 Å². The van der Waals surface area contributed by atoms with Gasteiger partial charge < -0.3 is 14.8 Å². The van der Waals surface area contributed by atoms with Gasteiger partial charge >= 0.3 is 0 Å². The highest BCUT2D eigenvalue weighted by Crippen LogP contribution is 2.36. The summed E-state index contributed by atoms with van der Waals surface area (Å²) < 4.78 is 39.9. The lowest BCUT2D eigenvalue weighted by Crippen LogP contribution is -2.34.